The minimum atomic E-state index is -0.246. The number of hydrogen-bond acceptors (Lipinski definition) is 5. The number of carbonyl (C=O) groups excluding carboxylic acids is 1. The van der Waals surface area contributed by atoms with Crippen LogP contribution in [0, 0.1) is 17.2 Å². The molecule has 1 amide bonds. The number of rotatable bonds is 5. The number of aliphatic hydroxyl groups excluding tert-OH is 1. The van der Waals surface area contributed by atoms with Crippen molar-refractivity contribution < 1.29 is 9.90 Å². The molecule has 1 aromatic heterocycles. The molecular formula is C20H22N4O2. The fourth-order valence-corrected chi connectivity index (χ4v) is 3.15. The van der Waals surface area contributed by atoms with Gasteiger partial charge in [0.2, 0.25) is 0 Å². The Morgan fingerprint density at radius 3 is 2.62 bits per heavy atom. The van der Waals surface area contributed by atoms with E-state index >= 15 is 0 Å². The molecule has 1 aromatic carbocycles. The summed E-state index contributed by atoms with van der Waals surface area (Å²) < 4.78 is 0. The normalized spacial score (nSPS) is 19.4. The summed E-state index contributed by atoms with van der Waals surface area (Å²) >= 11 is 0. The molecule has 2 aromatic rings. The molecule has 134 valence electrons. The van der Waals surface area contributed by atoms with Crippen LogP contribution in [0.15, 0.2) is 42.6 Å². The Bertz CT molecular complexity index is 790. The number of nitriles is 1. The summed E-state index contributed by atoms with van der Waals surface area (Å²) in [5.74, 6) is 0.795. The zero-order valence-corrected chi connectivity index (χ0v) is 14.5. The molecule has 1 fully saturated rings. The molecule has 0 saturated heterocycles. The first-order valence-corrected chi connectivity index (χ1v) is 8.84. The van der Waals surface area contributed by atoms with E-state index in [0.717, 1.165) is 32.2 Å². The van der Waals surface area contributed by atoms with Gasteiger partial charge in [-0.05, 0) is 68.0 Å². The highest BCUT2D eigenvalue weighted by Gasteiger charge is 2.20. The van der Waals surface area contributed by atoms with Gasteiger partial charge in [0.25, 0.3) is 5.91 Å². The topological polar surface area (TPSA) is 98.0 Å². The second kappa shape index (κ2) is 8.45. The first kappa shape index (κ1) is 17.9. The summed E-state index contributed by atoms with van der Waals surface area (Å²) in [5, 5.41) is 24.6. The monoisotopic (exact) mass is 350 g/mol. The van der Waals surface area contributed by atoms with Gasteiger partial charge in [0.1, 0.15) is 5.82 Å². The number of amides is 1. The number of hydrogen-bond donors (Lipinski definition) is 3. The Labute approximate surface area is 152 Å². The van der Waals surface area contributed by atoms with Crippen molar-refractivity contribution >= 4 is 17.4 Å². The van der Waals surface area contributed by atoms with Gasteiger partial charge in [0.15, 0.2) is 0 Å². The molecule has 26 heavy (non-hydrogen) atoms. The summed E-state index contributed by atoms with van der Waals surface area (Å²) in [6.45, 7) is 0.737. The number of anilines is 2. The van der Waals surface area contributed by atoms with Crippen molar-refractivity contribution in [3.8, 4) is 6.07 Å². The van der Waals surface area contributed by atoms with Gasteiger partial charge in [-0.2, -0.15) is 5.26 Å². The fourth-order valence-electron chi connectivity index (χ4n) is 3.15. The maximum atomic E-state index is 12.6. The van der Waals surface area contributed by atoms with Gasteiger partial charge in [-0.3, -0.25) is 4.79 Å². The van der Waals surface area contributed by atoms with Crippen LogP contribution in [-0.2, 0) is 0 Å². The van der Waals surface area contributed by atoms with E-state index in [2.05, 4.69) is 21.7 Å². The van der Waals surface area contributed by atoms with E-state index in [1.807, 2.05) is 0 Å². The maximum absolute atomic E-state index is 12.6. The van der Waals surface area contributed by atoms with Crippen molar-refractivity contribution in [2.45, 2.75) is 31.8 Å². The summed E-state index contributed by atoms with van der Waals surface area (Å²) in [4.78, 5) is 16.9. The molecule has 6 nitrogen and oxygen atoms in total. The molecule has 0 unspecified atom stereocenters. The van der Waals surface area contributed by atoms with Crippen LogP contribution < -0.4 is 10.6 Å². The van der Waals surface area contributed by atoms with Crippen LogP contribution >= 0.6 is 0 Å². The summed E-state index contributed by atoms with van der Waals surface area (Å²) in [6.07, 6.45) is 5.11. The zero-order chi connectivity index (χ0) is 18.4. The van der Waals surface area contributed by atoms with Gasteiger partial charge in [-0.25, -0.2) is 4.98 Å². The van der Waals surface area contributed by atoms with Crippen LogP contribution in [0.4, 0.5) is 11.5 Å². The van der Waals surface area contributed by atoms with Gasteiger partial charge in [0.05, 0.1) is 23.3 Å². The molecular weight excluding hydrogens is 328 g/mol. The zero-order valence-electron chi connectivity index (χ0n) is 14.5. The Morgan fingerprint density at radius 1 is 1.19 bits per heavy atom. The fraction of sp³-hybridized carbons (Fsp3) is 0.350. The second-order valence-corrected chi connectivity index (χ2v) is 6.60. The highest BCUT2D eigenvalue weighted by Crippen LogP contribution is 2.25. The molecule has 3 N–H and O–H groups in total. The third-order valence-electron chi connectivity index (χ3n) is 4.70. The van der Waals surface area contributed by atoms with E-state index in [-0.39, 0.29) is 12.0 Å². The van der Waals surface area contributed by atoms with E-state index in [9.17, 15) is 9.90 Å². The lowest BCUT2D eigenvalue weighted by Gasteiger charge is -2.25. The Balaban J connectivity index is 1.64. The third-order valence-corrected chi connectivity index (χ3v) is 4.70. The average molecular weight is 350 g/mol. The third kappa shape index (κ3) is 4.58. The molecule has 1 aliphatic carbocycles. The van der Waals surface area contributed by atoms with Crippen molar-refractivity contribution in [3.05, 3.63) is 53.7 Å². The van der Waals surface area contributed by atoms with Crippen LogP contribution in [0.25, 0.3) is 0 Å². The van der Waals surface area contributed by atoms with Gasteiger partial charge in [-0.15, -0.1) is 0 Å². The largest absolute Gasteiger partial charge is 0.393 e. The second-order valence-electron chi connectivity index (χ2n) is 6.60. The highest BCUT2D eigenvalue weighted by molar-refractivity contribution is 6.07. The lowest BCUT2D eigenvalue weighted by atomic mass is 9.87. The minimum absolute atomic E-state index is 0.171. The molecule has 6 heteroatoms. The van der Waals surface area contributed by atoms with Crippen LogP contribution in [-0.4, -0.2) is 28.6 Å². The van der Waals surface area contributed by atoms with E-state index in [1.165, 1.54) is 0 Å². The first-order chi connectivity index (χ1) is 12.7. The van der Waals surface area contributed by atoms with Crippen molar-refractivity contribution in [1.82, 2.24) is 4.98 Å². The van der Waals surface area contributed by atoms with Gasteiger partial charge < -0.3 is 15.7 Å². The lowest BCUT2D eigenvalue weighted by molar-refractivity contribution is 0.102. The average Bonchev–Trinajstić information content (AvgIpc) is 2.68. The number of aliphatic hydroxyl groups is 1. The van der Waals surface area contributed by atoms with E-state index in [4.69, 9.17) is 5.26 Å². The first-order valence-electron chi connectivity index (χ1n) is 8.84. The molecule has 0 radical (unpaired) electrons. The van der Waals surface area contributed by atoms with Gasteiger partial charge >= 0.3 is 0 Å². The molecule has 0 bridgehead atoms. The number of aromatic nitrogens is 1. The molecule has 0 spiro atoms. The predicted octanol–water partition coefficient (Wildman–Crippen LogP) is 3.17. The SMILES string of the molecule is N#Cc1ccc(NC(=O)c2cccnc2NCC2CCC(O)CC2)cc1. The molecule has 0 aliphatic heterocycles. The van der Waals surface area contributed by atoms with Crippen molar-refractivity contribution in [1.29, 1.82) is 5.26 Å². The van der Waals surface area contributed by atoms with Crippen LogP contribution in [0.1, 0.15) is 41.6 Å². The number of pyridine rings is 1. The summed E-state index contributed by atoms with van der Waals surface area (Å²) in [7, 11) is 0. The van der Waals surface area contributed by atoms with E-state index in [0.29, 0.717) is 28.6 Å². The lowest BCUT2D eigenvalue weighted by Crippen LogP contribution is -2.24. The molecule has 1 saturated carbocycles. The predicted molar refractivity (Wildman–Crippen MR) is 99.8 cm³/mol. The smallest absolute Gasteiger partial charge is 0.259 e. The van der Waals surface area contributed by atoms with Crippen molar-refractivity contribution in [2.75, 3.05) is 17.2 Å². The standard InChI is InChI=1S/C20H22N4O2/c21-12-14-3-7-16(8-4-14)24-20(26)18-2-1-11-22-19(18)23-13-15-5-9-17(25)10-6-15/h1-4,7-8,11,15,17,25H,5-6,9-10,13H2,(H,22,23)(H,24,26). The summed E-state index contributed by atoms with van der Waals surface area (Å²) in [5.41, 5.74) is 1.65. The van der Waals surface area contributed by atoms with Crippen LogP contribution in [0.5, 0.6) is 0 Å². The molecule has 1 aliphatic rings. The number of nitrogens with one attached hydrogen (secondary N) is 2. The Hall–Kier alpha value is -2.91. The van der Waals surface area contributed by atoms with Crippen molar-refractivity contribution in [3.63, 3.8) is 0 Å². The van der Waals surface area contributed by atoms with Crippen LogP contribution in [0.3, 0.4) is 0 Å². The van der Waals surface area contributed by atoms with Crippen molar-refractivity contribution in [2.24, 2.45) is 5.92 Å². The number of carbonyl (C=O) groups is 1. The Morgan fingerprint density at radius 2 is 1.92 bits per heavy atom. The minimum Gasteiger partial charge on any atom is -0.393 e. The van der Waals surface area contributed by atoms with Gasteiger partial charge in [-0.1, -0.05) is 0 Å². The van der Waals surface area contributed by atoms with E-state index < -0.39 is 0 Å². The summed E-state index contributed by atoms with van der Waals surface area (Å²) in [6, 6.07) is 12.2. The molecule has 3 rings (SSSR count). The molecule has 0 atom stereocenters. The highest BCUT2D eigenvalue weighted by atomic mass is 16.3. The van der Waals surface area contributed by atoms with Gasteiger partial charge in [0, 0.05) is 18.4 Å². The maximum Gasteiger partial charge on any atom is 0.259 e. The number of nitrogens with zero attached hydrogens (tertiary/aromatic N) is 2. The van der Waals surface area contributed by atoms with E-state index in [1.54, 1.807) is 42.6 Å². The quantitative estimate of drug-likeness (QED) is 0.769. The van der Waals surface area contributed by atoms with Crippen LogP contribution in [0.2, 0.25) is 0 Å². The number of benzene rings is 1. The molecule has 1 heterocycles. The Kier molecular flexibility index (Phi) is 5.82.